The van der Waals surface area contributed by atoms with Gasteiger partial charge < -0.3 is 14.8 Å². The van der Waals surface area contributed by atoms with Gasteiger partial charge in [0, 0.05) is 24.5 Å². The Balaban J connectivity index is 2.39. The monoisotopic (exact) mass is 365 g/mol. The van der Waals surface area contributed by atoms with Gasteiger partial charge in [-0.25, -0.2) is 0 Å². The van der Waals surface area contributed by atoms with Crippen molar-refractivity contribution in [3.63, 3.8) is 0 Å². The van der Waals surface area contributed by atoms with Gasteiger partial charge in [0.25, 0.3) is 0 Å². The first-order valence-electron chi connectivity index (χ1n) is 8.93. The lowest BCUT2D eigenvalue weighted by Crippen LogP contribution is -2.50. The molecule has 0 fully saturated rings. The van der Waals surface area contributed by atoms with Crippen LogP contribution in [0.25, 0.3) is 0 Å². The summed E-state index contributed by atoms with van der Waals surface area (Å²) in [7, 11) is 1.85. The Morgan fingerprint density at radius 3 is 2.37 bits per heavy atom. The normalized spacial score (nSPS) is 12.1. The summed E-state index contributed by atoms with van der Waals surface area (Å²) in [6.07, 6.45) is 7.57. The molecule has 2 rings (SSSR count). The summed E-state index contributed by atoms with van der Waals surface area (Å²) >= 11 is 0. The summed E-state index contributed by atoms with van der Waals surface area (Å²) in [5, 5.41) is 2.98. The minimum atomic E-state index is -0.795. The van der Waals surface area contributed by atoms with E-state index in [1.807, 2.05) is 81.0 Å². The molecule has 0 radical (unpaired) electrons. The van der Waals surface area contributed by atoms with Gasteiger partial charge in [-0.2, -0.15) is 0 Å². The molecule has 27 heavy (non-hydrogen) atoms. The number of aromatic nitrogens is 1. The van der Waals surface area contributed by atoms with Crippen molar-refractivity contribution >= 4 is 11.8 Å². The molecule has 1 heterocycles. The van der Waals surface area contributed by atoms with E-state index in [0.717, 1.165) is 5.56 Å². The smallest absolute Gasteiger partial charge is 0.249 e. The van der Waals surface area contributed by atoms with Crippen LogP contribution < -0.4 is 5.32 Å². The van der Waals surface area contributed by atoms with Gasteiger partial charge in [-0.3, -0.25) is 9.59 Å². The molecular weight excluding hydrogens is 338 g/mol. The molecule has 5 heteroatoms. The van der Waals surface area contributed by atoms with E-state index < -0.39 is 11.6 Å². The number of aryl methyl sites for hydroxylation is 1. The van der Waals surface area contributed by atoms with Crippen LogP contribution in [0.2, 0.25) is 0 Å². The molecule has 0 saturated heterocycles. The van der Waals surface area contributed by atoms with Crippen LogP contribution in [-0.2, 0) is 23.1 Å². The van der Waals surface area contributed by atoms with Crippen molar-refractivity contribution in [1.82, 2.24) is 14.8 Å². The number of carbonyl (C=O) groups is 2. The van der Waals surface area contributed by atoms with Crippen molar-refractivity contribution in [3.05, 3.63) is 59.9 Å². The molecule has 0 aliphatic rings. The summed E-state index contributed by atoms with van der Waals surface area (Å²) in [5.74, 6) is 2.10. The minimum absolute atomic E-state index is 0.0546. The second-order valence-corrected chi connectivity index (χ2v) is 7.57. The molecule has 142 valence electrons. The topological polar surface area (TPSA) is 54.3 Å². The molecule has 0 spiro atoms. The lowest BCUT2D eigenvalue weighted by molar-refractivity contribution is -0.140. The molecule has 1 aromatic carbocycles. The molecule has 1 aromatic heterocycles. The second-order valence-electron chi connectivity index (χ2n) is 7.57. The summed E-state index contributed by atoms with van der Waals surface area (Å²) < 4.78 is 1.84. The number of rotatable bonds is 6. The van der Waals surface area contributed by atoms with Gasteiger partial charge in [-0.15, -0.1) is 6.42 Å². The molecule has 2 aromatic rings. The zero-order chi connectivity index (χ0) is 20.0. The predicted octanol–water partition coefficient (Wildman–Crippen LogP) is 2.69. The number of hydrogen-bond acceptors (Lipinski definition) is 2. The fraction of sp³-hybridized carbons (Fsp3) is 0.364. The SMILES string of the molecule is C#CCN(C(=O)Cc1ccccc1)C(C(=O)NC(C)(C)C)c1cccn1C. The third kappa shape index (κ3) is 5.49. The highest BCUT2D eigenvalue weighted by Crippen LogP contribution is 2.23. The zero-order valence-corrected chi connectivity index (χ0v) is 16.4. The Kier molecular flexibility index (Phi) is 6.46. The van der Waals surface area contributed by atoms with Crippen LogP contribution in [-0.4, -0.2) is 33.4 Å². The van der Waals surface area contributed by atoms with Gasteiger partial charge in [0.05, 0.1) is 13.0 Å². The van der Waals surface area contributed by atoms with Crippen molar-refractivity contribution in [3.8, 4) is 12.3 Å². The number of amides is 2. The van der Waals surface area contributed by atoms with E-state index >= 15 is 0 Å². The first-order valence-corrected chi connectivity index (χ1v) is 8.93. The highest BCUT2D eigenvalue weighted by molar-refractivity contribution is 5.89. The van der Waals surface area contributed by atoms with Gasteiger partial charge in [0.1, 0.15) is 0 Å². The van der Waals surface area contributed by atoms with E-state index in [1.54, 1.807) is 0 Å². The predicted molar refractivity (Wildman–Crippen MR) is 107 cm³/mol. The molecule has 5 nitrogen and oxygen atoms in total. The van der Waals surface area contributed by atoms with E-state index in [9.17, 15) is 9.59 Å². The van der Waals surface area contributed by atoms with Gasteiger partial charge in [-0.1, -0.05) is 36.3 Å². The van der Waals surface area contributed by atoms with Crippen molar-refractivity contribution in [2.24, 2.45) is 7.05 Å². The first-order chi connectivity index (χ1) is 12.7. The van der Waals surface area contributed by atoms with Crippen LogP contribution in [0.5, 0.6) is 0 Å². The molecular formula is C22H27N3O2. The molecule has 0 bridgehead atoms. The summed E-state index contributed by atoms with van der Waals surface area (Å²) in [6, 6.07) is 12.3. The van der Waals surface area contributed by atoms with E-state index in [0.29, 0.717) is 5.69 Å². The molecule has 1 atom stereocenters. The number of nitrogens with zero attached hydrogens (tertiary/aromatic N) is 2. The van der Waals surface area contributed by atoms with Crippen LogP contribution in [0.3, 0.4) is 0 Å². The summed E-state index contributed by atoms with van der Waals surface area (Å²) in [4.78, 5) is 27.6. The first kappa shape index (κ1) is 20.3. The maximum absolute atomic E-state index is 13.1. The lowest BCUT2D eigenvalue weighted by Gasteiger charge is -2.32. The van der Waals surface area contributed by atoms with Crippen LogP contribution in [0.15, 0.2) is 48.7 Å². The maximum Gasteiger partial charge on any atom is 0.249 e. The summed E-state index contributed by atoms with van der Waals surface area (Å²) in [5.41, 5.74) is 1.17. The average Bonchev–Trinajstić information content (AvgIpc) is 2.99. The highest BCUT2D eigenvalue weighted by Gasteiger charge is 2.34. The van der Waals surface area contributed by atoms with Crippen LogP contribution in [0.4, 0.5) is 0 Å². The van der Waals surface area contributed by atoms with Crippen LogP contribution in [0.1, 0.15) is 38.1 Å². The van der Waals surface area contributed by atoms with Crippen molar-refractivity contribution in [2.45, 2.75) is 38.8 Å². The van der Waals surface area contributed by atoms with Crippen LogP contribution >= 0.6 is 0 Å². The molecule has 0 saturated carbocycles. The fourth-order valence-electron chi connectivity index (χ4n) is 2.93. The van der Waals surface area contributed by atoms with Crippen molar-refractivity contribution < 1.29 is 9.59 Å². The molecule has 0 aliphatic heterocycles. The second kappa shape index (κ2) is 8.59. The number of hydrogen-bond donors (Lipinski definition) is 1. The largest absolute Gasteiger partial charge is 0.352 e. The number of benzene rings is 1. The van der Waals surface area contributed by atoms with E-state index in [4.69, 9.17) is 6.42 Å². The third-order valence-electron chi connectivity index (χ3n) is 4.10. The fourth-order valence-corrected chi connectivity index (χ4v) is 2.93. The standard InChI is InChI=1S/C22H27N3O2/c1-6-14-25(19(26)16-17-11-8-7-9-12-17)20(18-13-10-15-24(18)5)21(27)23-22(2,3)4/h1,7-13,15,20H,14,16H2,2-5H3,(H,23,27). The molecule has 0 aliphatic carbocycles. The van der Waals surface area contributed by atoms with Gasteiger partial charge >= 0.3 is 0 Å². The van der Waals surface area contributed by atoms with E-state index in [2.05, 4.69) is 11.2 Å². The minimum Gasteiger partial charge on any atom is -0.352 e. The molecule has 1 N–H and O–H groups in total. The number of nitrogens with one attached hydrogen (secondary N) is 1. The molecule has 1 unspecified atom stereocenters. The quantitative estimate of drug-likeness (QED) is 0.800. The Hall–Kier alpha value is -3.00. The Morgan fingerprint density at radius 1 is 1.19 bits per heavy atom. The Labute approximate surface area is 161 Å². The Bertz CT molecular complexity index is 825. The lowest BCUT2D eigenvalue weighted by atomic mass is 10.0. The Morgan fingerprint density at radius 2 is 1.85 bits per heavy atom. The van der Waals surface area contributed by atoms with Gasteiger partial charge in [-0.05, 0) is 38.5 Å². The van der Waals surface area contributed by atoms with Crippen molar-refractivity contribution in [2.75, 3.05) is 6.54 Å². The number of carbonyl (C=O) groups excluding carboxylic acids is 2. The van der Waals surface area contributed by atoms with E-state index in [-0.39, 0.29) is 24.8 Å². The third-order valence-corrected chi connectivity index (χ3v) is 4.10. The van der Waals surface area contributed by atoms with Gasteiger partial charge in [0.15, 0.2) is 6.04 Å². The van der Waals surface area contributed by atoms with Crippen molar-refractivity contribution in [1.29, 1.82) is 0 Å². The number of terminal acetylenes is 1. The molecule has 2 amide bonds. The van der Waals surface area contributed by atoms with Gasteiger partial charge in [0.2, 0.25) is 11.8 Å². The zero-order valence-electron chi connectivity index (χ0n) is 16.4. The highest BCUT2D eigenvalue weighted by atomic mass is 16.2. The average molecular weight is 365 g/mol. The maximum atomic E-state index is 13.1. The van der Waals surface area contributed by atoms with Crippen LogP contribution in [0, 0.1) is 12.3 Å². The summed E-state index contributed by atoms with van der Waals surface area (Å²) in [6.45, 7) is 5.78. The van der Waals surface area contributed by atoms with E-state index in [1.165, 1.54) is 4.90 Å².